The summed E-state index contributed by atoms with van der Waals surface area (Å²) in [6, 6.07) is 6.64. The van der Waals surface area contributed by atoms with Gasteiger partial charge < -0.3 is 14.8 Å². The molecule has 1 saturated heterocycles. The predicted molar refractivity (Wildman–Crippen MR) is 110 cm³/mol. The van der Waals surface area contributed by atoms with E-state index < -0.39 is 17.4 Å². The summed E-state index contributed by atoms with van der Waals surface area (Å²) in [5.41, 5.74) is 1.86. The number of aromatic nitrogens is 2. The summed E-state index contributed by atoms with van der Waals surface area (Å²) in [5, 5.41) is 3.06. The standard InChI is InChI=1S/C19H21BrN4O5/c1-2-29-18(27)15-10-22-19(21-9-12-7-8-28-11-12)24(17(15)26)23-16(25)13-3-5-14(20)6-4-13/h3-6,10,12H,2,7-9,11H2,1H3,(H,21,22)(H,23,25). The Morgan fingerprint density at radius 2 is 2.10 bits per heavy atom. The van der Waals surface area contributed by atoms with E-state index in [-0.39, 0.29) is 24.0 Å². The number of hydrogen-bond acceptors (Lipinski definition) is 7. The fraction of sp³-hybridized carbons (Fsp3) is 0.368. The fourth-order valence-corrected chi connectivity index (χ4v) is 3.04. The number of anilines is 1. The molecule has 3 rings (SSSR count). The number of esters is 1. The molecule has 1 aliphatic rings. The third-order valence-corrected chi connectivity index (χ3v) is 4.88. The highest BCUT2D eigenvalue weighted by molar-refractivity contribution is 9.10. The van der Waals surface area contributed by atoms with E-state index in [9.17, 15) is 14.4 Å². The normalized spacial score (nSPS) is 15.7. The molecule has 1 aromatic heterocycles. The Balaban J connectivity index is 1.89. The minimum atomic E-state index is -0.799. The van der Waals surface area contributed by atoms with Crippen molar-refractivity contribution in [2.75, 3.05) is 37.1 Å². The summed E-state index contributed by atoms with van der Waals surface area (Å²) in [7, 11) is 0. The van der Waals surface area contributed by atoms with Crippen molar-refractivity contribution in [3.8, 4) is 0 Å². The summed E-state index contributed by atoms with van der Waals surface area (Å²) >= 11 is 3.31. The minimum absolute atomic E-state index is 0.116. The first-order chi connectivity index (χ1) is 14.0. The Kier molecular flexibility index (Phi) is 6.99. The zero-order chi connectivity index (χ0) is 20.8. The largest absolute Gasteiger partial charge is 0.462 e. The first-order valence-corrected chi connectivity index (χ1v) is 9.96. The second-order valence-corrected chi connectivity index (χ2v) is 7.33. The third kappa shape index (κ3) is 5.21. The molecule has 9 nitrogen and oxygen atoms in total. The Hall–Kier alpha value is -2.72. The molecular weight excluding hydrogens is 444 g/mol. The SMILES string of the molecule is CCOC(=O)c1cnc(NCC2CCOC2)n(NC(=O)c2ccc(Br)cc2)c1=O. The van der Waals surface area contributed by atoms with Crippen LogP contribution in [0.2, 0.25) is 0 Å². The zero-order valence-electron chi connectivity index (χ0n) is 15.8. The summed E-state index contributed by atoms with van der Waals surface area (Å²) in [6.07, 6.45) is 2.04. The van der Waals surface area contributed by atoms with E-state index in [1.165, 1.54) is 0 Å². The molecule has 1 atom stereocenters. The lowest BCUT2D eigenvalue weighted by atomic mass is 10.1. The topological polar surface area (TPSA) is 112 Å². The van der Waals surface area contributed by atoms with Crippen molar-refractivity contribution in [2.24, 2.45) is 5.92 Å². The van der Waals surface area contributed by atoms with Crippen molar-refractivity contribution in [3.63, 3.8) is 0 Å². The van der Waals surface area contributed by atoms with Gasteiger partial charge in [0.25, 0.3) is 11.5 Å². The second kappa shape index (κ2) is 9.66. The van der Waals surface area contributed by atoms with Gasteiger partial charge in [-0.1, -0.05) is 15.9 Å². The van der Waals surface area contributed by atoms with Crippen LogP contribution in [-0.4, -0.2) is 47.9 Å². The molecule has 29 heavy (non-hydrogen) atoms. The van der Waals surface area contributed by atoms with Crippen molar-refractivity contribution in [2.45, 2.75) is 13.3 Å². The number of ether oxygens (including phenoxy) is 2. The minimum Gasteiger partial charge on any atom is -0.462 e. The Labute approximate surface area is 175 Å². The third-order valence-electron chi connectivity index (χ3n) is 4.35. The van der Waals surface area contributed by atoms with E-state index in [0.717, 1.165) is 21.8 Å². The van der Waals surface area contributed by atoms with Crippen LogP contribution in [-0.2, 0) is 9.47 Å². The van der Waals surface area contributed by atoms with E-state index in [4.69, 9.17) is 9.47 Å². The highest BCUT2D eigenvalue weighted by Crippen LogP contribution is 2.14. The van der Waals surface area contributed by atoms with Crippen molar-refractivity contribution in [3.05, 3.63) is 56.4 Å². The molecule has 1 unspecified atom stereocenters. The number of nitrogens with zero attached hydrogens (tertiary/aromatic N) is 2. The summed E-state index contributed by atoms with van der Waals surface area (Å²) in [5.74, 6) is -0.922. The Morgan fingerprint density at radius 3 is 2.76 bits per heavy atom. The van der Waals surface area contributed by atoms with Gasteiger partial charge in [-0.15, -0.1) is 0 Å². The Morgan fingerprint density at radius 1 is 1.34 bits per heavy atom. The molecule has 0 aliphatic carbocycles. The molecule has 2 aromatic rings. The zero-order valence-corrected chi connectivity index (χ0v) is 17.4. The molecular formula is C19H21BrN4O5. The van der Waals surface area contributed by atoms with Gasteiger partial charge in [0.2, 0.25) is 5.95 Å². The number of halogens is 1. The van der Waals surface area contributed by atoms with E-state index in [1.807, 2.05) is 0 Å². The van der Waals surface area contributed by atoms with E-state index in [1.54, 1.807) is 31.2 Å². The van der Waals surface area contributed by atoms with Gasteiger partial charge >= 0.3 is 5.97 Å². The lowest BCUT2D eigenvalue weighted by Gasteiger charge is -2.16. The van der Waals surface area contributed by atoms with Gasteiger partial charge in [0.15, 0.2) is 0 Å². The summed E-state index contributed by atoms with van der Waals surface area (Å²) in [4.78, 5) is 41.7. The van der Waals surface area contributed by atoms with Crippen molar-refractivity contribution < 1.29 is 19.1 Å². The highest BCUT2D eigenvalue weighted by atomic mass is 79.9. The quantitative estimate of drug-likeness (QED) is 0.602. The summed E-state index contributed by atoms with van der Waals surface area (Å²) in [6.45, 7) is 3.57. The van der Waals surface area contributed by atoms with E-state index >= 15 is 0 Å². The molecule has 10 heteroatoms. The van der Waals surface area contributed by atoms with Gasteiger partial charge in [-0.05, 0) is 37.6 Å². The second-order valence-electron chi connectivity index (χ2n) is 6.41. The maximum absolute atomic E-state index is 12.9. The number of rotatable bonds is 7. The van der Waals surface area contributed by atoms with Gasteiger partial charge in [0, 0.05) is 29.1 Å². The van der Waals surface area contributed by atoms with Crippen molar-refractivity contribution >= 4 is 33.8 Å². The lowest BCUT2D eigenvalue weighted by molar-refractivity contribution is 0.0522. The number of hydrogen-bond donors (Lipinski definition) is 2. The molecule has 1 aromatic carbocycles. The molecule has 0 bridgehead atoms. The molecule has 1 amide bonds. The smallest absolute Gasteiger partial charge is 0.345 e. The predicted octanol–water partition coefficient (Wildman–Crippen LogP) is 2.01. The number of nitrogens with one attached hydrogen (secondary N) is 2. The molecule has 154 valence electrons. The maximum atomic E-state index is 12.9. The van der Waals surface area contributed by atoms with Crippen LogP contribution in [0.15, 0.2) is 39.7 Å². The van der Waals surface area contributed by atoms with Gasteiger partial charge in [-0.3, -0.25) is 15.0 Å². The van der Waals surface area contributed by atoms with Crippen LogP contribution >= 0.6 is 15.9 Å². The van der Waals surface area contributed by atoms with Crippen molar-refractivity contribution in [1.29, 1.82) is 0 Å². The molecule has 0 spiro atoms. The van der Waals surface area contributed by atoms with Crippen LogP contribution in [0.4, 0.5) is 5.95 Å². The number of amides is 1. The Bertz CT molecular complexity index is 939. The molecule has 1 fully saturated rings. The summed E-state index contributed by atoms with van der Waals surface area (Å²) < 4.78 is 12.0. The van der Waals surface area contributed by atoms with Crippen molar-refractivity contribution in [1.82, 2.24) is 9.66 Å². The average Bonchev–Trinajstić information content (AvgIpc) is 3.22. The van der Waals surface area contributed by atoms with Gasteiger partial charge in [0.05, 0.1) is 19.4 Å². The van der Waals surface area contributed by atoms with Gasteiger partial charge in [0.1, 0.15) is 5.56 Å². The first-order valence-electron chi connectivity index (χ1n) is 9.17. The molecule has 0 saturated carbocycles. The van der Waals surface area contributed by atoms with Gasteiger partial charge in [-0.2, -0.15) is 4.68 Å². The van der Waals surface area contributed by atoms with Crippen LogP contribution in [0.1, 0.15) is 34.1 Å². The van der Waals surface area contributed by atoms with Crippen LogP contribution in [0.25, 0.3) is 0 Å². The molecule has 2 N–H and O–H groups in total. The van der Waals surface area contributed by atoms with Gasteiger partial charge in [-0.25, -0.2) is 9.78 Å². The maximum Gasteiger partial charge on any atom is 0.345 e. The molecule has 1 aliphatic heterocycles. The van der Waals surface area contributed by atoms with E-state index in [0.29, 0.717) is 25.3 Å². The monoisotopic (exact) mass is 464 g/mol. The van der Waals surface area contributed by atoms with Crippen LogP contribution < -0.4 is 16.3 Å². The highest BCUT2D eigenvalue weighted by Gasteiger charge is 2.21. The van der Waals surface area contributed by atoms with Crippen LogP contribution in [0, 0.1) is 5.92 Å². The molecule has 0 radical (unpaired) electrons. The number of carbonyl (C=O) groups excluding carboxylic acids is 2. The number of carbonyl (C=O) groups is 2. The molecule has 2 heterocycles. The van der Waals surface area contributed by atoms with Crippen LogP contribution in [0.5, 0.6) is 0 Å². The lowest BCUT2D eigenvalue weighted by Crippen LogP contribution is -2.39. The fourth-order valence-electron chi connectivity index (χ4n) is 2.78. The first kappa shape index (κ1) is 21.0. The number of benzene rings is 1. The van der Waals surface area contributed by atoms with E-state index in [2.05, 4.69) is 31.7 Å². The van der Waals surface area contributed by atoms with Crippen LogP contribution in [0.3, 0.4) is 0 Å². The average molecular weight is 465 g/mol.